The molecule has 1 aliphatic rings. The van der Waals surface area contributed by atoms with Gasteiger partial charge in [-0.1, -0.05) is 18.2 Å². The fraction of sp³-hybridized carbons (Fsp3) is 0.154. The maximum atomic E-state index is 11.7. The number of esters is 1. The molecule has 5 heteroatoms. The topological polar surface area (TPSA) is 87.0 Å². The maximum absolute atomic E-state index is 11.7. The average molecular weight is 248 g/mol. The van der Waals surface area contributed by atoms with Crippen LogP contribution in [0.15, 0.2) is 53.8 Å². The van der Waals surface area contributed by atoms with Crippen molar-refractivity contribution in [1.82, 2.24) is 0 Å². The normalized spacial score (nSPS) is 17.7. The van der Waals surface area contributed by atoms with Crippen LogP contribution in [-0.4, -0.2) is 27.1 Å². The molecule has 0 saturated heterocycles. The molecule has 0 aliphatic heterocycles. The Morgan fingerprint density at radius 1 is 1.22 bits per heavy atom. The van der Waals surface area contributed by atoms with Crippen LogP contribution in [0.1, 0.15) is 6.42 Å². The number of aliphatic hydroxyl groups excluding tert-OH is 1. The lowest BCUT2D eigenvalue weighted by atomic mass is 9.99. The molecule has 1 aromatic rings. The Morgan fingerprint density at radius 2 is 1.89 bits per heavy atom. The molecule has 2 rings (SSSR count). The van der Waals surface area contributed by atoms with Crippen molar-refractivity contribution in [3.63, 3.8) is 0 Å². The van der Waals surface area contributed by atoms with Gasteiger partial charge in [0.1, 0.15) is 11.5 Å². The number of hydrogen-bond donors (Lipinski definition) is 3. The van der Waals surface area contributed by atoms with Gasteiger partial charge in [-0.3, -0.25) is 0 Å². The largest absolute Gasteiger partial charge is 0.508 e. The van der Waals surface area contributed by atoms with Crippen molar-refractivity contribution in [2.24, 2.45) is 0 Å². The SMILES string of the molecule is O=C(Oc1ccccc1)C1=CC(O)=CC(O)(O)C1. The molecule has 0 aromatic heterocycles. The van der Waals surface area contributed by atoms with Gasteiger partial charge in [-0.2, -0.15) is 0 Å². The molecule has 0 fully saturated rings. The molecule has 0 spiro atoms. The van der Waals surface area contributed by atoms with Crippen molar-refractivity contribution in [3.05, 3.63) is 53.8 Å². The van der Waals surface area contributed by atoms with Gasteiger partial charge in [0, 0.05) is 18.1 Å². The summed E-state index contributed by atoms with van der Waals surface area (Å²) < 4.78 is 5.03. The van der Waals surface area contributed by atoms with Crippen LogP contribution in [0.3, 0.4) is 0 Å². The molecule has 0 unspecified atom stereocenters. The number of para-hydroxylation sites is 1. The van der Waals surface area contributed by atoms with E-state index >= 15 is 0 Å². The van der Waals surface area contributed by atoms with E-state index in [1.807, 2.05) is 0 Å². The first-order chi connectivity index (χ1) is 8.46. The minimum absolute atomic E-state index is 0.0103. The number of allylic oxidation sites excluding steroid dienone is 1. The van der Waals surface area contributed by atoms with Gasteiger partial charge in [0.25, 0.3) is 0 Å². The first-order valence-corrected chi connectivity index (χ1v) is 5.31. The van der Waals surface area contributed by atoms with E-state index in [0.717, 1.165) is 12.2 Å². The standard InChI is InChI=1S/C13H12O5/c14-10-6-9(7-13(16,17)8-10)12(15)18-11-4-2-1-3-5-11/h1-6,8,14,16-17H,7H2. The first-order valence-electron chi connectivity index (χ1n) is 5.31. The number of hydrogen-bond acceptors (Lipinski definition) is 5. The van der Waals surface area contributed by atoms with Crippen LogP contribution in [0.2, 0.25) is 0 Å². The van der Waals surface area contributed by atoms with E-state index in [1.165, 1.54) is 0 Å². The fourth-order valence-electron chi connectivity index (χ4n) is 1.63. The Kier molecular flexibility index (Phi) is 3.18. The number of carbonyl (C=O) groups is 1. The minimum atomic E-state index is -2.23. The number of ether oxygens (including phenoxy) is 1. The van der Waals surface area contributed by atoms with Crippen molar-refractivity contribution in [3.8, 4) is 5.75 Å². The molecule has 18 heavy (non-hydrogen) atoms. The summed E-state index contributed by atoms with van der Waals surface area (Å²) in [7, 11) is 0. The van der Waals surface area contributed by atoms with Gasteiger partial charge >= 0.3 is 5.97 Å². The van der Waals surface area contributed by atoms with Crippen molar-refractivity contribution in [2.75, 3.05) is 0 Å². The highest BCUT2D eigenvalue weighted by Crippen LogP contribution is 2.24. The quantitative estimate of drug-likeness (QED) is 0.413. The zero-order chi connectivity index (χ0) is 13.2. The summed E-state index contributed by atoms with van der Waals surface area (Å²) in [6, 6.07) is 8.39. The van der Waals surface area contributed by atoms with Gasteiger partial charge in [-0.25, -0.2) is 4.79 Å². The highest BCUT2D eigenvalue weighted by molar-refractivity contribution is 5.91. The van der Waals surface area contributed by atoms with Crippen LogP contribution in [-0.2, 0) is 4.79 Å². The van der Waals surface area contributed by atoms with Gasteiger partial charge in [-0.05, 0) is 18.2 Å². The average Bonchev–Trinajstić information content (AvgIpc) is 2.27. The van der Waals surface area contributed by atoms with Crippen molar-refractivity contribution >= 4 is 5.97 Å². The molecule has 0 saturated carbocycles. The van der Waals surface area contributed by atoms with Gasteiger partial charge in [0.2, 0.25) is 0 Å². The van der Waals surface area contributed by atoms with E-state index in [9.17, 15) is 20.1 Å². The third-order valence-electron chi connectivity index (χ3n) is 2.37. The predicted octanol–water partition coefficient (Wildman–Crippen LogP) is 1.04. The van der Waals surface area contributed by atoms with Gasteiger partial charge in [0.15, 0.2) is 5.79 Å². The fourth-order valence-corrected chi connectivity index (χ4v) is 1.63. The minimum Gasteiger partial charge on any atom is -0.508 e. The molecule has 3 N–H and O–H groups in total. The van der Waals surface area contributed by atoms with E-state index < -0.39 is 11.8 Å². The summed E-state index contributed by atoms with van der Waals surface area (Å²) in [5.74, 6) is -3.00. The molecule has 1 aliphatic carbocycles. The highest BCUT2D eigenvalue weighted by Gasteiger charge is 2.30. The van der Waals surface area contributed by atoms with Crippen molar-refractivity contribution < 1.29 is 24.9 Å². The molecule has 0 heterocycles. The molecular weight excluding hydrogens is 236 g/mol. The molecule has 94 valence electrons. The second-order valence-electron chi connectivity index (χ2n) is 4.00. The second-order valence-corrected chi connectivity index (χ2v) is 4.00. The van der Waals surface area contributed by atoms with E-state index in [2.05, 4.69) is 0 Å². The van der Waals surface area contributed by atoms with E-state index in [0.29, 0.717) is 5.75 Å². The monoisotopic (exact) mass is 248 g/mol. The number of benzene rings is 1. The molecule has 0 radical (unpaired) electrons. The first kappa shape index (κ1) is 12.3. The van der Waals surface area contributed by atoms with Crippen LogP contribution >= 0.6 is 0 Å². The van der Waals surface area contributed by atoms with Crippen LogP contribution in [0, 0.1) is 0 Å². The second kappa shape index (κ2) is 4.64. The lowest BCUT2D eigenvalue weighted by Crippen LogP contribution is -2.31. The van der Waals surface area contributed by atoms with Gasteiger partial charge in [-0.15, -0.1) is 0 Å². The smallest absolute Gasteiger partial charge is 0.339 e. The van der Waals surface area contributed by atoms with Crippen molar-refractivity contribution in [1.29, 1.82) is 0 Å². The maximum Gasteiger partial charge on any atom is 0.339 e. The zero-order valence-electron chi connectivity index (χ0n) is 9.41. The Hall–Kier alpha value is -2.11. The zero-order valence-corrected chi connectivity index (χ0v) is 9.41. The third-order valence-corrected chi connectivity index (χ3v) is 2.37. The van der Waals surface area contributed by atoms with E-state index in [-0.39, 0.29) is 17.8 Å². The van der Waals surface area contributed by atoms with Crippen LogP contribution < -0.4 is 4.74 Å². The summed E-state index contributed by atoms with van der Waals surface area (Å²) in [6.07, 6.45) is 1.67. The molecular formula is C13H12O5. The van der Waals surface area contributed by atoms with Crippen LogP contribution in [0.5, 0.6) is 5.75 Å². The van der Waals surface area contributed by atoms with Gasteiger partial charge in [0.05, 0.1) is 0 Å². The van der Waals surface area contributed by atoms with E-state index in [4.69, 9.17) is 4.74 Å². The number of carbonyl (C=O) groups excluding carboxylic acids is 1. The van der Waals surface area contributed by atoms with Crippen molar-refractivity contribution in [2.45, 2.75) is 12.2 Å². The summed E-state index contributed by atoms with van der Waals surface area (Å²) in [5.41, 5.74) is -0.0103. The number of aliphatic hydroxyl groups is 3. The van der Waals surface area contributed by atoms with Gasteiger partial charge < -0.3 is 20.1 Å². The lowest BCUT2D eigenvalue weighted by molar-refractivity contribution is -0.138. The Balaban J connectivity index is 2.13. The number of rotatable bonds is 2. The summed E-state index contributed by atoms with van der Waals surface area (Å²) in [6.45, 7) is 0. The Labute approximate surface area is 103 Å². The Bertz CT molecular complexity index is 513. The predicted molar refractivity (Wildman–Crippen MR) is 62.7 cm³/mol. The lowest BCUT2D eigenvalue weighted by Gasteiger charge is -2.22. The summed E-state index contributed by atoms with van der Waals surface area (Å²) >= 11 is 0. The molecule has 0 atom stereocenters. The summed E-state index contributed by atoms with van der Waals surface area (Å²) in [4.78, 5) is 11.7. The highest BCUT2D eigenvalue weighted by atomic mass is 16.5. The summed E-state index contributed by atoms with van der Waals surface area (Å²) in [5, 5.41) is 28.1. The Morgan fingerprint density at radius 3 is 2.50 bits per heavy atom. The van der Waals surface area contributed by atoms with Crippen LogP contribution in [0.4, 0.5) is 0 Å². The van der Waals surface area contributed by atoms with Crippen LogP contribution in [0.25, 0.3) is 0 Å². The molecule has 0 amide bonds. The molecule has 1 aromatic carbocycles. The van der Waals surface area contributed by atoms with E-state index in [1.54, 1.807) is 30.3 Å². The third kappa shape index (κ3) is 2.97. The molecule has 5 nitrogen and oxygen atoms in total. The molecule has 0 bridgehead atoms.